The number of benzene rings is 1. The van der Waals surface area contributed by atoms with Gasteiger partial charge in [-0.15, -0.1) is 0 Å². The van der Waals surface area contributed by atoms with Crippen molar-refractivity contribution in [2.24, 2.45) is 0 Å². The van der Waals surface area contributed by atoms with Gasteiger partial charge in [-0.25, -0.2) is 0 Å². The Morgan fingerprint density at radius 1 is 1.16 bits per heavy atom. The van der Waals surface area contributed by atoms with Crippen molar-refractivity contribution in [1.29, 1.82) is 0 Å². The van der Waals surface area contributed by atoms with Gasteiger partial charge in [0.15, 0.2) is 0 Å². The van der Waals surface area contributed by atoms with Gasteiger partial charge in [0.05, 0.1) is 0 Å². The second kappa shape index (κ2) is 7.65. The van der Waals surface area contributed by atoms with E-state index in [1.54, 1.807) is 0 Å². The highest BCUT2D eigenvalue weighted by molar-refractivity contribution is 9.08. The molecule has 1 N–H and O–H groups in total. The Bertz CT molecular complexity index is 399. The number of hydrogen-bond donors (Lipinski definition) is 1. The molecule has 1 amide bonds. The highest BCUT2D eigenvalue weighted by Crippen LogP contribution is 2.09. The average Bonchev–Trinajstić information content (AvgIpc) is 2.48. The SMILES string of the molecule is O=C(NCCN1CCCCC1)c1ccc(CBr)cc1. The van der Waals surface area contributed by atoms with Crippen LogP contribution in [0.5, 0.6) is 0 Å². The van der Waals surface area contributed by atoms with E-state index in [1.807, 2.05) is 24.3 Å². The standard InChI is InChI=1S/C15H21BrN2O/c16-12-13-4-6-14(7-5-13)15(19)17-8-11-18-9-2-1-3-10-18/h4-7H,1-3,8-12H2,(H,17,19). The van der Waals surface area contributed by atoms with Gasteiger partial charge in [0.2, 0.25) is 0 Å². The molecule has 0 aromatic heterocycles. The first-order valence-electron chi connectivity index (χ1n) is 6.95. The highest BCUT2D eigenvalue weighted by Gasteiger charge is 2.10. The van der Waals surface area contributed by atoms with Gasteiger partial charge in [0, 0.05) is 24.0 Å². The molecule has 0 spiro atoms. The van der Waals surface area contributed by atoms with E-state index in [1.165, 1.54) is 37.9 Å². The zero-order valence-electron chi connectivity index (χ0n) is 11.2. The minimum atomic E-state index is 0.0260. The molecule has 1 heterocycles. The first-order valence-corrected chi connectivity index (χ1v) is 8.07. The summed E-state index contributed by atoms with van der Waals surface area (Å²) in [4.78, 5) is 14.4. The van der Waals surface area contributed by atoms with E-state index < -0.39 is 0 Å². The van der Waals surface area contributed by atoms with Crippen LogP contribution in [0.3, 0.4) is 0 Å². The number of alkyl halides is 1. The molecule has 0 radical (unpaired) electrons. The van der Waals surface area contributed by atoms with Crippen LogP contribution < -0.4 is 5.32 Å². The predicted octanol–water partition coefficient (Wildman–Crippen LogP) is 2.80. The van der Waals surface area contributed by atoms with Gasteiger partial charge in [0.25, 0.3) is 5.91 Å². The van der Waals surface area contributed by atoms with E-state index in [4.69, 9.17) is 0 Å². The van der Waals surface area contributed by atoms with Crippen molar-refractivity contribution >= 4 is 21.8 Å². The summed E-state index contributed by atoms with van der Waals surface area (Å²) in [6.45, 7) is 4.05. The fraction of sp³-hybridized carbons (Fsp3) is 0.533. The van der Waals surface area contributed by atoms with Crippen molar-refractivity contribution in [1.82, 2.24) is 10.2 Å². The smallest absolute Gasteiger partial charge is 0.251 e. The monoisotopic (exact) mass is 324 g/mol. The van der Waals surface area contributed by atoms with Crippen LogP contribution in [0.25, 0.3) is 0 Å². The third kappa shape index (κ3) is 4.62. The molecule has 0 atom stereocenters. The Labute approximate surface area is 123 Å². The van der Waals surface area contributed by atoms with Crippen LogP contribution in [0.2, 0.25) is 0 Å². The summed E-state index contributed by atoms with van der Waals surface area (Å²) in [7, 11) is 0. The molecular formula is C15H21BrN2O. The lowest BCUT2D eigenvalue weighted by Crippen LogP contribution is -2.37. The second-order valence-corrected chi connectivity index (χ2v) is 5.55. The lowest BCUT2D eigenvalue weighted by molar-refractivity contribution is 0.0946. The molecule has 1 saturated heterocycles. The van der Waals surface area contributed by atoms with Gasteiger partial charge in [-0.3, -0.25) is 4.79 Å². The lowest BCUT2D eigenvalue weighted by atomic mass is 10.1. The number of piperidine rings is 1. The first-order chi connectivity index (χ1) is 9.29. The number of hydrogen-bond acceptors (Lipinski definition) is 2. The Kier molecular flexibility index (Phi) is 5.86. The first kappa shape index (κ1) is 14.5. The second-order valence-electron chi connectivity index (χ2n) is 4.99. The predicted molar refractivity (Wildman–Crippen MR) is 81.7 cm³/mol. The molecular weight excluding hydrogens is 304 g/mol. The molecule has 3 nitrogen and oxygen atoms in total. The van der Waals surface area contributed by atoms with Crippen LogP contribution in [0.15, 0.2) is 24.3 Å². The van der Waals surface area contributed by atoms with Gasteiger partial charge >= 0.3 is 0 Å². The normalized spacial score (nSPS) is 16.3. The summed E-state index contributed by atoms with van der Waals surface area (Å²) in [6.07, 6.45) is 3.94. The maximum absolute atomic E-state index is 11.9. The summed E-state index contributed by atoms with van der Waals surface area (Å²) in [5.41, 5.74) is 1.92. The van der Waals surface area contributed by atoms with E-state index in [0.717, 1.165) is 24.0 Å². The van der Waals surface area contributed by atoms with Crippen LogP contribution >= 0.6 is 15.9 Å². The fourth-order valence-electron chi connectivity index (χ4n) is 2.36. The number of nitrogens with one attached hydrogen (secondary N) is 1. The third-order valence-electron chi connectivity index (χ3n) is 3.53. The van der Waals surface area contributed by atoms with E-state index in [-0.39, 0.29) is 5.91 Å². The summed E-state index contributed by atoms with van der Waals surface area (Å²) >= 11 is 3.40. The molecule has 1 fully saturated rings. The van der Waals surface area contributed by atoms with Crippen molar-refractivity contribution in [3.8, 4) is 0 Å². The van der Waals surface area contributed by atoms with Crippen molar-refractivity contribution in [3.05, 3.63) is 35.4 Å². The molecule has 0 saturated carbocycles. The number of nitrogens with zero attached hydrogens (tertiary/aromatic N) is 1. The Morgan fingerprint density at radius 3 is 2.47 bits per heavy atom. The summed E-state index contributed by atoms with van der Waals surface area (Å²) in [5.74, 6) is 0.0260. The molecule has 19 heavy (non-hydrogen) atoms. The van der Waals surface area contributed by atoms with E-state index >= 15 is 0 Å². The zero-order valence-corrected chi connectivity index (χ0v) is 12.8. The quantitative estimate of drug-likeness (QED) is 0.845. The van der Waals surface area contributed by atoms with Crippen molar-refractivity contribution in [2.45, 2.75) is 24.6 Å². The largest absolute Gasteiger partial charge is 0.351 e. The summed E-state index contributed by atoms with van der Waals surface area (Å²) in [6, 6.07) is 7.72. The maximum atomic E-state index is 11.9. The van der Waals surface area contributed by atoms with Crippen molar-refractivity contribution in [3.63, 3.8) is 0 Å². The van der Waals surface area contributed by atoms with E-state index in [2.05, 4.69) is 26.1 Å². The molecule has 0 unspecified atom stereocenters. The molecule has 1 aromatic rings. The lowest BCUT2D eigenvalue weighted by Gasteiger charge is -2.26. The van der Waals surface area contributed by atoms with Crippen LogP contribution in [0.1, 0.15) is 35.2 Å². The molecule has 1 aromatic carbocycles. The number of carbonyl (C=O) groups is 1. The minimum Gasteiger partial charge on any atom is -0.351 e. The highest BCUT2D eigenvalue weighted by atomic mass is 79.9. The number of amides is 1. The van der Waals surface area contributed by atoms with Crippen LogP contribution in [0.4, 0.5) is 0 Å². The Hall–Kier alpha value is -0.870. The number of likely N-dealkylation sites (tertiary alicyclic amines) is 1. The Morgan fingerprint density at radius 2 is 1.84 bits per heavy atom. The summed E-state index contributed by atoms with van der Waals surface area (Å²) < 4.78 is 0. The maximum Gasteiger partial charge on any atom is 0.251 e. The van der Waals surface area contributed by atoms with Crippen LogP contribution in [0, 0.1) is 0 Å². The van der Waals surface area contributed by atoms with Crippen molar-refractivity contribution < 1.29 is 4.79 Å². The minimum absolute atomic E-state index is 0.0260. The number of rotatable bonds is 5. The molecule has 4 heteroatoms. The topological polar surface area (TPSA) is 32.3 Å². The summed E-state index contributed by atoms with van der Waals surface area (Å²) in [5, 5.41) is 3.81. The van der Waals surface area contributed by atoms with Gasteiger partial charge in [-0.2, -0.15) is 0 Å². The van der Waals surface area contributed by atoms with Gasteiger partial charge < -0.3 is 10.2 Å². The van der Waals surface area contributed by atoms with Gasteiger partial charge in [-0.1, -0.05) is 34.5 Å². The molecule has 1 aliphatic rings. The van der Waals surface area contributed by atoms with E-state index in [9.17, 15) is 4.79 Å². The average molecular weight is 325 g/mol. The van der Waals surface area contributed by atoms with E-state index in [0.29, 0.717) is 0 Å². The van der Waals surface area contributed by atoms with Crippen LogP contribution in [-0.2, 0) is 5.33 Å². The zero-order chi connectivity index (χ0) is 13.5. The molecule has 2 rings (SSSR count). The van der Waals surface area contributed by atoms with Gasteiger partial charge in [0.1, 0.15) is 0 Å². The fourth-order valence-corrected chi connectivity index (χ4v) is 2.73. The van der Waals surface area contributed by atoms with Gasteiger partial charge in [-0.05, 0) is 43.6 Å². The molecule has 1 aliphatic heterocycles. The van der Waals surface area contributed by atoms with Crippen LogP contribution in [-0.4, -0.2) is 37.0 Å². The Balaban J connectivity index is 1.73. The number of carbonyl (C=O) groups excluding carboxylic acids is 1. The molecule has 0 aliphatic carbocycles. The third-order valence-corrected chi connectivity index (χ3v) is 4.18. The van der Waals surface area contributed by atoms with Crippen molar-refractivity contribution in [2.75, 3.05) is 26.2 Å². The molecule has 104 valence electrons. The number of halogens is 1. The molecule has 0 bridgehead atoms.